The Morgan fingerprint density at radius 3 is 2.67 bits per heavy atom. The molecule has 1 aromatic carbocycles. The normalized spacial score (nSPS) is 23.4. The third-order valence-corrected chi connectivity index (χ3v) is 5.11. The van der Waals surface area contributed by atoms with Crippen LogP contribution in [0, 0.1) is 21.8 Å². The van der Waals surface area contributed by atoms with Gasteiger partial charge in [0.25, 0.3) is 5.69 Å². The molecule has 24 heavy (non-hydrogen) atoms. The van der Waals surface area contributed by atoms with Gasteiger partial charge in [-0.2, -0.15) is 0 Å². The minimum absolute atomic E-state index is 0.192. The lowest BCUT2D eigenvalue weighted by atomic mass is 9.96. The molecule has 2 aliphatic rings. The summed E-state index contributed by atoms with van der Waals surface area (Å²) in [4.78, 5) is 17.1. The smallest absolute Gasteiger partial charge is 0.272 e. The second kappa shape index (κ2) is 7.44. The van der Waals surface area contributed by atoms with Crippen molar-refractivity contribution in [2.24, 2.45) is 5.92 Å². The molecule has 0 unspecified atom stereocenters. The molecule has 0 spiro atoms. The summed E-state index contributed by atoms with van der Waals surface area (Å²) < 4.78 is 14.3. The van der Waals surface area contributed by atoms with Gasteiger partial charge in [-0.1, -0.05) is 0 Å². The van der Waals surface area contributed by atoms with Crippen molar-refractivity contribution in [2.45, 2.75) is 12.8 Å². The third kappa shape index (κ3) is 4.02. The number of rotatable bonds is 4. The van der Waals surface area contributed by atoms with Gasteiger partial charge in [0.2, 0.25) is 0 Å². The Morgan fingerprint density at radius 1 is 1.25 bits per heavy atom. The standard InChI is InChI=1S/C17H25FN4O2/c1-19-7-9-20(10-8-19)12-14-3-2-6-21(13-14)17-5-4-15(22(23)24)11-16(17)18/h4-5,11,14H,2-3,6-10,12-13H2,1H3/t14-/m0/s1. The maximum Gasteiger partial charge on any atom is 0.272 e. The molecule has 2 aliphatic heterocycles. The Morgan fingerprint density at radius 2 is 2.00 bits per heavy atom. The fourth-order valence-electron chi connectivity index (χ4n) is 3.69. The van der Waals surface area contributed by atoms with Gasteiger partial charge in [0.1, 0.15) is 0 Å². The summed E-state index contributed by atoms with van der Waals surface area (Å²) in [5.74, 6) is 0.0289. The van der Waals surface area contributed by atoms with E-state index in [0.717, 1.165) is 64.7 Å². The van der Waals surface area contributed by atoms with E-state index in [1.54, 1.807) is 6.07 Å². The van der Waals surface area contributed by atoms with Gasteiger partial charge < -0.3 is 14.7 Å². The first-order valence-corrected chi connectivity index (χ1v) is 8.62. The van der Waals surface area contributed by atoms with E-state index in [4.69, 9.17) is 0 Å². The van der Waals surface area contributed by atoms with Crippen molar-refractivity contribution in [2.75, 3.05) is 57.8 Å². The zero-order valence-electron chi connectivity index (χ0n) is 14.2. The number of anilines is 1. The van der Waals surface area contributed by atoms with E-state index in [1.165, 1.54) is 6.07 Å². The summed E-state index contributed by atoms with van der Waals surface area (Å²) in [7, 11) is 2.15. The van der Waals surface area contributed by atoms with Crippen LogP contribution in [0.1, 0.15) is 12.8 Å². The van der Waals surface area contributed by atoms with E-state index in [9.17, 15) is 14.5 Å². The zero-order valence-corrected chi connectivity index (χ0v) is 14.2. The quantitative estimate of drug-likeness (QED) is 0.623. The fourth-order valence-corrected chi connectivity index (χ4v) is 3.69. The molecule has 0 N–H and O–H groups in total. The molecule has 0 bridgehead atoms. The summed E-state index contributed by atoms with van der Waals surface area (Å²) in [5.41, 5.74) is 0.297. The maximum absolute atomic E-state index is 14.3. The van der Waals surface area contributed by atoms with Gasteiger partial charge in [-0.3, -0.25) is 10.1 Å². The average Bonchev–Trinajstić information content (AvgIpc) is 2.57. The third-order valence-electron chi connectivity index (χ3n) is 5.11. The van der Waals surface area contributed by atoms with Crippen LogP contribution in [0.5, 0.6) is 0 Å². The highest BCUT2D eigenvalue weighted by Crippen LogP contribution is 2.28. The van der Waals surface area contributed by atoms with Crippen molar-refractivity contribution in [3.8, 4) is 0 Å². The molecule has 2 fully saturated rings. The number of piperidine rings is 1. The van der Waals surface area contributed by atoms with Crippen molar-refractivity contribution < 1.29 is 9.31 Å². The van der Waals surface area contributed by atoms with Crippen molar-refractivity contribution in [1.29, 1.82) is 0 Å². The second-order valence-corrected chi connectivity index (χ2v) is 6.95. The Labute approximate surface area is 142 Å². The number of benzene rings is 1. The molecule has 7 heteroatoms. The van der Waals surface area contributed by atoms with Gasteiger partial charge in [0, 0.05) is 51.9 Å². The van der Waals surface area contributed by atoms with Crippen molar-refractivity contribution in [1.82, 2.24) is 9.80 Å². The number of nitrogens with zero attached hydrogens (tertiary/aromatic N) is 4. The Balaban J connectivity index is 1.62. The van der Waals surface area contributed by atoms with E-state index in [0.29, 0.717) is 11.6 Å². The number of halogens is 1. The monoisotopic (exact) mass is 336 g/mol. The summed E-state index contributed by atoms with van der Waals surface area (Å²) in [6.45, 7) is 7.09. The molecule has 0 aromatic heterocycles. The van der Waals surface area contributed by atoms with Crippen molar-refractivity contribution in [3.05, 3.63) is 34.1 Å². The number of piperazine rings is 1. The van der Waals surface area contributed by atoms with Gasteiger partial charge >= 0.3 is 0 Å². The highest BCUT2D eigenvalue weighted by Gasteiger charge is 2.25. The van der Waals surface area contributed by atoms with E-state index in [-0.39, 0.29) is 5.69 Å². The number of hydrogen-bond donors (Lipinski definition) is 0. The number of likely N-dealkylation sites (N-methyl/N-ethyl adjacent to an activating group) is 1. The van der Waals surface area contributed by atoms with Crippen molar-refractivity contribution >= 4 is 11.4 Å². The predicted molar refractivity (Wildman–Crippen MR) is 91.9 cm³/mol. The summed E-state index contributed by atoms with van der Waals surface area (Å²) in [5, 5.41) is 10.8. The molecule has 0 saturated carbocycles. The topological polar surface area (TPSA) is 52.9 Å². The summed E-state index contributed by atoms with van der Waals surface area (Å²) >= 11 is 0. The van der Waals surface area contributed by atoms with Crippen LogP contribution in [0.3, 0.4) is 0 Å². The van der Waals surface area contributed by atoms with Gasteiger partial charge in [0.05, 0.1) is 16.7 Å². The fraction of sp³-hybridized carbons (Fsp3) is 0.647. The molecule has 0 radical (unpaired) electrons. The Bertz CT molecular complexity index is 590. The van der Waals surface area contributed by atoms with Crippen LogP contribution in [-0.2, 0) is 0 Å². The van der Waals surface area contributed by atoms with Crippen molar-refractivity contribution in [3.63, 3.8) is 0 Å². The molecule has 2 heterocycles. The minimum atomic E-state index is -0.556. The molecule has 3 rings (SSSR count). The number of nitro benzene ring substituents is 1. The maximum atomic E-state index is 14.3. The molecular weight excluding hydrogens is 311 g/mol. The van der Waals surface area contributed by atoms with Crippen LogP contribution in [0.25, 0.3) is 0 Å². The van der Waals surface area contributed by atoms with Crippen LogP contribution in [0.2, 0.25) is 0 Å². The molecule has 1 aromatic rings. The SMILES string of the molecule is CN1CCN(C[C@@H]2CCCN(c3ccc([N+](=O)[O-])cc3F)C2)CC1. The number of nitro groups is 1. The lowest BCUT2D eigenvalue weighted by Crippen LogP contribution is -2.48. The van der Waals surface area contributed by atoms with Crippen LogP contribution in [0.4, 0.5) is 15.8 Å². The lowest BCUT2D eigenvalue weighted by molar-refractivity contribution is -0.385. The molecular formula is C17H25FN4O2. The zero-order chi connectivity index (χ0) is 17.1. The molecule has 6 nitrogen and oxygen atoms in total. The van der Waals surface area contributed by atoms with E-state index < -0.39 is 10.7 Å². The van der Waals surface area contributed by atoms with Gasteiger partial charge in [-0.05, 0) is 31.9 Å². The highest BCUT2D eigenvalue weighted by molar-refractivity contribution is 5.52. The first-order valence-electron chi connectivity index (χ1n) is 8.62. The second-order valence-electron chi connectivity index (χ2n) is 6.95. The molecule has 0 aliphatic carbocycles. The molecule has 2 saturated heterocycles. The first kappa shape index (κ1) is 17.1. The molecule has 0 amide bonds. The van der Waals surface area contributed by atoms with E-state index in [2.05, 4.69) is 16.8 Å². The first-order chi connectivity index (χ1) is 11.5. The van der Waals surface area contributed by atoms with Gasteiger partial charge in [-0.25, -0.2) is 4.39 Å². The number of hydrogen-bond acceptors (Lipinski definition) is 5. The van der Waals surface area contributed by atoms with Gasteiger partial charge in [0.15, 0.2) is 5.82 Å². The Hall–Kier alpha value is -1.73. The Kier molecular flexibility index (Phi) is 5.30. The predicted octanol–water partition coefficient (Wildman–Crippen LogP) is 2.20. The summed E-state index contributed by atoms with van der Waals surface area (Å²) in [6.07, 6.45) is 2.20. The highest BCUT2D eigenvalue weighted by atomic mass is 19.1. The van der Waals surface area contributed by atoms with E-state index >= 15 is 0 Å². The van der Waals surface area contributed by atoms with Crippen LogP contribution < -0.4 is 4.90 Å². The van der Waals surface area contributed by atoms with Crippen LogP contribution >= 0.6 is 0 Å². The number of non-ortho nitro benzene ring substituents is 1. The molecule has 132 valence electrons. The minimum Gasteiger partial charge on any atom is -0.369 e. The summed E-state index contributed by atoms with van der Waals surface area (Å²) in [6, 6.07) is 3.97. The van der Waals surface area contributed by atoms with Crippen LogP contribution in [0.15, 0.2) is 18.2 Å². The largest absolute Gasteiger partial charge is 0.369 e. The lowest BCUT2D eigenvalue weighted by Gasteiger charge is -2.39. The van der Waals surface area contributed by atoms with Gasteiger partial charge in [-0.15, -0.1) is 0 Å². The van der Waals surface area contributed by atoms with E-state index in [1.807, 2.05) is 4.90 Å². The average molecular weight is 336 g/mol. The van der Waals surface area contributed by atoms with Crippen LogP contribution in [-0.4, -0.2) is 67.6 Å². The molecule has 1 atom stereocenters.